The highest BCUT2D eigenvalue weighted by atomic mass is 16.3. The van der Waals surface area contributed by atoms with E-state index in [2.05, 4.69) is 10.3 Å². The van der Waals surface area contributed by atoms with E-state index in [1.54, 1.807) is 25.8 Å². The SMILES string of the molecule is CN(CCCC(C)(C)O)C(=O)Cc1cn2c(C(=O)NCC34CC5CC(CC(C5)C3)C4)cccc2n1. The average Bonchev–Trinajstić information content (AvgIpc) is 3.18. The molecule has 4 fully saturated rings. The van der Waals surface area contributed by atoms with Crippen molar-refractivity contribution in [3.63, 3.8) is 0 Å². The van der Waals surface area contributed by atoms with Gasteiger partial charge in [-0.25, -0.2) is 4.98 Å². The molecule has 0 unspecified atom stereocenters. The minimum Gasteiger partial charge on any atom is -0.390 e. The van der Waals surface area contributed by atoms with Gasteiger partial charge in [-0.15, -0.1) is 0 Å². The van der Waals surface area contributed by atoms with Crippen LogP contribution >= 0.6 is 0 Å². The topological polar surface area (TPSA) is 86.9 Å². The van der Waals surface area contributed by atoms with Crippen molar-refractivity contribution in [3.05, 3.63) is 35.8 Å². The van der Waals surface area contributed by atoms with Crippen molar-refractivity contribution in [2.75, 3.05) is 20.1 Å². The molecule has 4 saturated carbocycles. The highest BCUT2D eigenvalue weighted by Gasteiger charge is 2.50. The van der Waals surface area contributed by atoms with Gasteiger partial charge in [0.05, 0.1) is 17.7 Å². The Labute approximate surface area is 208 Å². The van der Waals surface area contributed by atoms with Crippen LogP contribution in [-0.4, -0.2) is 56.9 Å². The summed E-state index contributed by atoms with van der Waals surface area (Å²) >= 11 is 0. The highest BCUT2D eigenvalue weighted by Crippen LogP contribution is 2.59. The van der Waals surface area contributed by atoms with Gasteiger partial charge in [0, 0.05) is 26.3 Å². The quantitative estimate of drug-likeness (QED) is 0.571. The Bertz CT molecular complexity index is 1060. The Balaban J connectivity index is 1.22. The smallest absolute Gasteiger partial charge is 0.268 e. The van der Waals surface area contributed by atoms with Crippen molar-refractivity contribution in [3.8, 4) is 0 Å². The van der Waals surface area contributed by atoms with E-state index in [0.29, 0.717) is 35.4 Å². The number of nitrogens with one attached hydrogen (secondary N) is 1. The number of nitrogens with zero attached hydrogens (tertiary/aromatic N) is 3. The Morgan fingerprint density at radius 2 is 1.83 bits per heavy atom. The first-order chi connectivity index (χ1) is 16.6. The molecular weight excluding hydrogens is 440 g/mol. The number of carbonyl (C=O) groups is 2. The summed E-state index contributed by atoms with van der Waals surface area (Å²) in [4.78, 5) is 32.2. The van der Waals surface area contributed by atoms with Crippen LogP contribution in [0.3, 0.4) is 0 Å². The predicted octanol–water partition coefficient (Wildman–Crippen LogP) is 3.83. The molecule has 7 nitrogen and oxygen atoms in total. The molecule has 4 aliphatic carbocycles. The zero-order chi connectivity index (χ0) is 24.8. The van der Waals surface area contributed by atoms with Crippen molar-refractivity contribution in [2.45, 2.75) is 77.2 Å². The van der Waals surface area contributed by atoms with Crippen LogP contribution in [0.5, 0.6) is 0 Å². The molecule has 2 aromatic heterocycles. The van der Waals surface area contributed by atoms with Crippen molar-refractivity contribution >= 4 is 17.5 Å². The summed E-state index contributed by atoms with van der Waals surface area (Å²) in [5.74, 6) is 2.51. The van der Waals surface area contributed by atoms with Crippen LogP contribution in [0.2, 0.25) is 0 Å². The number of rotatable bonds is 9. The minimum atomic E-state index is -0.724. The Kier molecular flexibility index (Phi) is 6.41. The van der Waals surface area contributed by atoms with Crippen LogP contribution in [0.15, 0.2) is 24.4 Å². The molecule has 6 rings (SSSR count). The van der Waals surface area contributed by atoms with Crippen molar-refractivity contribution in [1.29, 1.82) is 0 Å². The van der Waals surface area contributed by atoms with Crippen LogP contribution in [0.4, 0.5) is 0 Å². The number of hydrogen-bond donors (Lipinski definition) is 2. The van der Waals surface area contributed by atoms with Crippen molar-refractivity contribution in [2.24, 2.45) is 23.2 Å². The molecule has 0 aromatic carbocycles. The number of hydrogen-bond acceptors (Lipinski definition) is 4. The van der Waals surface area contributed by atoms with E-state index in [1.807, 2.05) is 28.8 Å². The van der Waals surface area contributed by atoms with E-state index in [1.165, 1.54) is 38.5 Å². The van der Waals surface area contributed by atoms with E-state index in [0.717, 1.165) is 30.7 Å². The van der Waals surface area contributed by atoms with Gasteiger partial charge in [-0.05, 0) is 101 Å². The van der Waals surface area contributed by atoms with Gasteiger partial charge in [-0.3, -0.25) is 14.0 Å². The molecule has 2 N–H and O–H groups in total. The molecule has 35 heavy (non-hydrogen) atoms. The second-order valence-corrected chi connectivity index (χ2v) is 12.4. The van der Waals surface area contributed by atoms with E-state index >= 15 is 0 Å². The fourth-order valence-electron chi connectivity index (χ4n) is 7.36. The molecule has 4 bridgehead atoms. The third-order valence-electron chi connectivity index (χ3n) is 8.60. The summed E-state index contributed by atoms with van der Waals surface area (Å²) in [5.41, 5.74) is 1.47. The Morgan fingerprint density at radius 3 is 2.46 bits per heavy atom. The van der Waals surface area contributed by atoms with Crippen LogP contribution in [-0.2, 0) is 11.2 Å². The molecule has 190 valence electrons. The number of likely N-dealkylation sites (N-methyl/N-ethyl adjacent to an activating group) is 1. The van der Waals surface area contributed by atoms with Gasteiger partial charge in [-0.2, -0.15) is 0 Å². The zero-order valence-electron chi connectivity index (χ0n) is 21.4. The molecule has 0 aliphatic heterocycles. The standard InChI is InChI=1S/C28H40N4O3/c1-27(2,35)8-5-9-31(3)25(33)13-22-17-32-23(6-4-7-24(32)30-22)26(34)29-18-28-14-19-10-20(15-28)12-21(11-19)16-28/h4,6-7,17,19-21,35H,5,8-16,18H2,1-3H3,(H,29,34). The number of imidazole rings is 1. The summed E-state index contributed by atoms with van der Waals surface area (Å²) in [5, 5.41) is 13.1. The van der Waals surface area contributed by atoms with Gasteiger partial charge in [-0.1, -0.05) is 6.07 Å². The van der Waals surface area contributed by atoms with E-state index in [9.17, 15) is 14.7 Å². The first-order valence-corrected chi connectivity index (χ1v) is 13.3. The zero-order valence-corrected chi connectivity index (χ0v) is 21.4. The summed E-state index contributed by atoms with van der Waals surface area (Å²) in [7, 11) is 1.78. The van der Waals surface area contributed by atoms with Gasteiger partial charge >= 0.3 is 0 Å². The number of pyridine rings is 1. The lowest BCUT2D eigenvalue weighted by Crippen LogP contribution is -2.51. The number of aliphatic hydroxyl groups is 1. The monoisotopic (exact) mass is 480 g/mol. The third-order valence-corrected chi connectivity index (χ3v) is 8.60. The maximum absolute atomic E-state index is 13.2. The van der Waals surface area contributed by atoms with Gasteiger partial charge in [0.15, 0.2) is 0 Å². The Hall–Kier alpha value is -2.41. The summed E-state index contributed by atoms with van der Waals surface area (Å²) < 4.78 is 1.81. The average molecular weight is 481 g/mol. The predicted molar refractivity (Wildman–Crippen MR) is 135 cm³/mol. The third kappa shape index (κ3) is 5.40. The van der Waals surface area contributed by atoms with Gasteiger partial charge in [0.1, 0.15) is 11.3 Å². The normalized spacial score (nSPS) is 27.4. The highest BCUT2D eigenvalue weighted by molar-refractivity contribution is 5.93. The van der Waals surface area contributed by atoms with Gasteiger partial charge in [0.2, 0.25) is 5.91 Å². The first kappa shape index (κ1) is 24.3. The molecule has 2 amide bonds. The lowest BCUT2D eigenvalue weighted by atomic mass is 9.49. The van der Waals surface area contributed by atoms with Crippen LogP contribution in [0.25, 0.3) is 5.65 Å². The number of fused-ring (bicyclic) bond motifs is 1. The molecule has 0 atom stereocenters. The first-order valence-electron chi connectivity index (χ1n) is 13.3. The largest absolute Gasteiger partial charge is 0.390 e. The second-order valence-electron chi connectivity index (χ2n) is 12.4. The molecule has 0 saturated heterocycles. The van der Waals surface area contributed by atoms with E-state index in [-0.39, 0.29) is 18.2 Å². The van der Waals surface area contributed by atoms with Crippen LogP contribution in [0.1, 0.15) is 81.4 Å². The van der Waals surface area contributed by atoms with Gasteiger partial charge < -0.3 is 15.3 Å². The lowest BCUT2D eigenvalue weighted by Gasteiger charge is -2.56. The molecule has 2 heterocycles. The summed E-state index contributed by atoms with van der Waals surface area (Å²) in [6, 6.07) is 5.56. The number of carbonyl (C=O) groups excluding carboxylic acids is 2. The summed E-state index contributed by atoms with van der Waals surface area (Å²) in [6.45, 7) is 4.92. The van der Waals surface area contributed by atoms with Crippen LogP contribution < -0.4 is 5.32 Å². The lowest BCUT2D eigenvalue weighted by molar-refractivity contribution is -0.129. The molecule has 0 spiro atoms. The van der Waals surface area contributed by atoms with E-state index < -0.39 is 5.60 Å². The molecule has 2 aromatic rings. The van der Waals surface area contributed by atoms with Crippen LogP contribution in [0, 0.1) is 23.2 Å². The fraction of sp³-hybridized carbons (Fsp3) is 0.679. The number of amides is 2. The van der Waals surface area contributed by atoms with Crippen molar-refractivity contribution in [1.82, 2.24) is 19.6 Å². The maximum Gasteiger partial charge on any atom is 0.268 e. The fourth-order valence-corrected chi connectivity index (χ4v) is 7.36. The Morgan fingerprint density at radius 1 is 1.17 bits per heavy atom. The maximum atomic E-state index is 13.2. The summed E-state index contributed by atoms with van der Waals surface area (Å²) in [6.07, 6.45) is 11.4. The number of aromatic nitrogens is 2. The molecule has 7 heteroatoms. The minimum absolute atomic E-state index is 0.0167. The van der Waals surface area contributed by atoms with Gasteiger partial charge in [0.25, 0.3) is 5.91 Å². The van der Waals surface area contributed by atoms with E-state index in [4.69, 9.17) is 0 Å². The second kappa shape index (κ2) is 9.23. The van der Waals surface area contributed by atoms with Crippen molar-refractivity contribution < 1.29 is 14.7 Å². The molecular formula is C28H40N4O3. The molecule has 0 radical (unpaired) electrons. The molecule has 4 aliphatic rings.